The molecule has 36 heavy (non-hydrogen) atoms. The lowest BCUT2D eigenvalue weighted by atomic mass is 9.68. The molecule has 0 spiro atoms. The molecule has 2 aliphatic carbocycles. The molecule has 2 aliphatic rings. The molecule has 0 heterocycles. The molecule has 5 rings (SSSR count). The van der Waals surface area contributed by atoms with Gasteiger partial charge in [0.1, 0.15) is 5.82 Å². The SMILES string of the molecule is CCc1ccc(-c2ccc(-c3ccc(C4CCC(C5CCC(C)CC5)CC4)c(F)c3)cc2)c(F)c1F. The average Bonchev–Trinajstić information content (AvgIpc) is 2.91. The molecule has 0 amide bonds. The molecule has 0 saturated heterocycles. The van der Waals surface area contributed by atoms with Crippen molar-refractivity contribution in [3.8, 4) is 22.3 Å². The summed E-state index contributed by atoms with van der Waals surface area (Å²) in [6.07, 6.45) is 10.6. The molecule has 2 fully saturated rings. The lowest BCUT2D eigenvalue weighted by molar-refractivity contribution is 0.164. The maximum Gasteiger partial charge on any atom is 0.166 e. The lowest BCUT2D eigenvalue weighted by Gasteiger charge is -2.37. The van der Waals surface area contributed by atoms with E-state index in [0.29, 0.717) is 23.5 Å². The topological polar surface area (TPSA) is 0 Å². The molecule has 0 nitrogen and oxygen atoms in total. The number of hydrogen-bond donors (Lipinski definition) is 0. The molecular formula is C33H37F3. The molecule has 0 radical (unpaired) electrons. The highest BCUT2D eigenvalue weighted by molar-refractivity contribution is 5.71. The van der Waals surface area contributed by atoms with Gasteiger partial charge in [0.25, 0.3) is 0 Å². The minimum absolute atomic E-state index is 0.130. The summed E-state index contributed by atoms with van der Waals surface area (Å²) in [5.74, 6) is 1.18. The Morgan fingerprint density at radius 3 is 1.83 bits per heavy atom. The van der Waals surface area contributed by atoms with E-state index in [2.05, 4.69) is 6.92 Å². The third-order valence-electron chi connectivity index (χ3n) is 9.01. The van der Waals surface area contributed by atoms with Gasteiger partial charge in [-0.1, -0.05) is 75.2 Å². The van der Waals surface area contributed by atoms with Crippen molar-refractivity contribution >= 4 is 0 Å². The first-order valence-corrected chi connectivity index (χ1v) is 13.8. The van der Waals surface area contributed by atoms with Gasteiger partial charge in [-0.3, -0.25) is 0 Å². The Balaban J connectivity index is 1.26. The Hall–Kier alpha value is -2.55. The zero-order valence-electron chi connectivity index (χ0n) is 21.5. The van der Waals surface area contributed by atoms with Crippen LogP contribution in [0.4, 0.5) is 13.2 Å². The lowest BCUT2D eigenvalue weighted by Crippen LogP contribution is -2.25. The molecule has 2 saturated carbocycles. The Bertz CT molecular complexity index is 1180. The van der Waals surface area contributed by atoms with Crippen LogP contribution >= 0.6 is 0 Å². The van der Waals surface area contributed by atoms with Crippen molar-refractivity contribution in [2.24, 2.45) is 17.8 Å². The summed E-state index contributed by atoms with van der Waals surface area (Å²) in [6.45, 7) is 4.18. The van der Waals surface area contributed by atoms with Gasteiger partial charge < -0.3 is 0 Å². The zero-order valence-corrected chi connectivity index (χ0v) is 21.5. The summed E-state index contributed by atoms with van der Waals surface area (Å²) in [4.78, 5) is 0. The van der Waals surface area contributed by atoms with Crippen molar-refractivity contribution in [2.45, 2.75) is 77.6 Å². The summed E-state index contributed by atoms with van der Waals surface area (Å²) in [7, 11) is 0. The largest absolute Gasteiger partial charge is 0.207 e. The van der Waals surface area contributed by atoms with E-state index in [4.69, 9.17) is 0 Å². The molecule has 3 aromatic carbocycles. The quantitative estimate of drug-likeness (QED) is 0.334. The van der Waals surface area contributed by atoms with Crippen LogP contribution in [0, 0.1) is 35.2 Å². The highest BCUT2D eigenvalue weighted by atomic mass is 19.2. The Morgan fingerprint density at radius 1 is 0.639 bits per heavy atom. The first-order chi connectivity index (χ1) is 17.4. The highest BCUT2D eigenvalue weighted by Crippen LogP contribution is 2.44. The van der Waals surface area contributed by atoms with E-state index in [0.717, 1.165) is 47.3 Å². The van der Waals surface area contributed by atoms with Crippen LogP contribution in [-0.2, 0) is 6.42 Å². The van der Waals surface area contributed by atoms with Gasteiger partial charge in [0.2, 0.25) is 0 Å². The van der Waals surface area contributed by atoms with Crippen LogP contribution in [0.1, 0.15) is 82.3 Å². The van der Waals surface area contributed by atoms with Gasteiger partial charge in [-0.15, -0.1) is 0 Å². The first-order valence-electron chi connectivity index (χ1n) is 13.8. The minimum Gasteiger partial charge on any atom is -0.207 e. The molecule has 0 unspecified atom stereocenters. The molecule has 0 bridgehead atoms. The number of rotatable bonds is 5. The third-order valence-corrected chi connectivity index (χ3v) is 9.01. The van der Waals surface area contributed by atoms with Crippen molar-refractivity contribution in [2.75, 3.05) is 0 Å². The van der Waals surface area contributed by atoms with Crippen LogP contribution in [0.3, 0.4) is 0 Å². The summed E-state index contributed by atoms with van der Waals surface area (Å²) in [5, 5.41) is 0. The zero-order chi connectivity index (χ0) is 25.2. The molecule has 3 heteroatoms. The van der Waals surface area contributed by atoms with Crippen molar-refractivity contribution < 1.29 is 13.2 Å². The predicted octanol–water partition coefficient (Wildman–Crippen LogP) is 10.1. The second kappa shape index (κ2) is 10.8. The molecule has 0 aromatic heterocycles. The molecule has 190 valence electrons. The second-order valence-corrected chi connectivity index (χ2v) is 11.2. The van der Waals surface area contributed by atoms with Crippen molar-refractivity contribution in [1.82, 2.24) is 0 Å². The van der Waals surface area contributed by atoms with Crippen molar-refractivity contribution in [3.63, 3.8) is 0 Å². The molecular weight excluding hydrogens is 453 g/mol. The summed E-state index contributed by atoms with van der Waals surface area (Å²) < 4.78 is 44.0. The van der Waals surface area contributed by atoms with Crippen LogP contribution in [0.2, 0.25) is 0 Å². The molecule has 0 atom stereocenters. The fourth-order valence-corrected chi connectivity index (χ4v) is 6.62. The number of hydrogen-bond acceptors (Lipinski definition) is 0. The van der Waals surface area contributed by atoms with E-state index >= 15 is 4.39 Å². The Kier molecular flexibility index (Phi) is 7.55. The van der Waals surface area contributed by atoms with Gasteiger partial charge in [0.15, 0.2) is 11.6 Å². The van der Waals surface area contributed by atoms with Gasteiger partial charge in [-0.2, -0.15) is 0 Å². The van der Waals surface area contributed by atoms with Gasteiger partial charge in [-0.05, 0) is 103 Å². The normalized spacial score (nSPS) is 24.6. The van der Waals surface area contributed by atoms with E-state index < -0.39 is 11.6 Å². The second-order valence-electron chi connectivity index (χ2n) is 11.2. The fourth-order valence-electron chi connectivity index (χ4n) is 6.62. The molecule has 3 aromatic rings. The number of halogens is 3. The number of benzene rings is 3. The van der Waals surface area contributed by atoms with Gasteiger partial charge in [0.05, 0.1) is 0 Å². The Morgan fingerprint density at radius 2 is 1.22 bits per heavy atom. The highest BCUT2D eigenvalue weighted by Gasteiger charge is 2.31. The van der Waals surface area contributed by atoms with E-state index in [1.165, 1.54) is 38.5 Å². The fraction of sp³-hybridized carbons (Fsp3) is 0.455. The van der Waals surface area contributed by atoms with Crippen LogP contribution in [0.5, 0.6) is 0 Å². The first kappa shape index (κ1) is 25.1. The van der Waals surface area contributed by atoms with Gasteiger partial charge in [-0.25, -0.2) is 13.2 Å². The Labute approximate surface area is 214 Å². The summed E-state index contributed by atoms with van der Waals surface area (Å²) in [6, 6.07) is 16.1. The van der Waals surface area contributed by atoms with Crippen molar-refractivity contribution in [3.05, 3.63) is 83.2 Å². The monoisotopic (exact) mass is 490 g/mol. The summed E-state index contributed by atoms with van der Waals surface area (Å²) >= 11 is 0. The average molecular weight is 491 g/mol. The summed E-state index contributed by atoms with van der Waals surface area (Å²) in [5.41, 5.74) is 3.75. The number of aryl methyl sites for hydroxylation is 1. The third kappa shape index (κ3) is 5.12. The smallest absolute Gasteiger partial charge is 0.166 e. The van der Waals surface area contributed by atoms with Gasteiger partial charge >= 0.3 is 0 Å². The van der Waals surface area contributed by atoms with E-state index in [9.17, 15) is 8.78 Å². The molecule has 0 N–H and O–H groups in total. The van der Waals surface area contributed by atoms with Crippen LogP contribution in [0.15, 0.2) is 54.6 Å². The van der Waals surface area contributed by atoms with Crippen LogP contribution in [0.25, 0.3) is 22.3 Å². The predicted molar refractivity (Wildman–Crippen MR) is 142 cm³/mol. The maximum absolute atomic E-state index is 15.2. The van der Waals surface area contributed by atoms with E-state index in [-0.39, 0.29) is 11.4 Å². The van der Waals surface area contributed by atoms with Crippen LogP contribution in [-0.4, -0.2) is 0 Å². The van der Waals surface area contributed by atoms with Crippen LogP contribution < -0.4 is 0 Å². The standard InChI is InChI=1S/C33H37F3/c1-3-22-16-19-30(33(36)32(22)35)27-14-10-25(11-15-27)28-17-18-29(31(34)20-28)26-12-8-24(9-13-26)23-6-4-21(2)5-7-23/h10-11,14-21,23-24,26H,3-9,12-13H2,1-2H3. The minimum atomic E-state index is -0.815. The van der Waals surface area contributed by atoms with Gasteiger partial charge in [0, 0.05) is 5.56 Å². The van der Waals surface area contributed by atoms with Crippen molar-refractivity contribution in [1.29, 1.82) is 0 Å². The van der Waals surface area contributed by atoms with E-state index in [1.807, 2.05) is 24.3 Å². The maximum atomic E-state index is 15.2. The van der Waals surface area contributed by atoms with E-state index in [1.54, 1.807) is 37.3 Å². The molecule has 0 aliphatic heterocycles.